The summed E-state index contributed by atoms with van der Waals surface area (Å²) in [7, 11) is 2.32. The number of hydrogen-bond donors (Lipinski definition) is 0. The molecule has 4 nitrogen and oxygen atoms in total. The van der Waals surface area contributed by atoms with Crippen LogP contribution in [0.3, 0.4) is 0 Å². The quantitative estimate of drug-likeness (QED) is 0.786. The van der Waals surface area contributed by atoms with Crippen molar-refractivity contribution >= 4 is 0 Å². The second-order valence-electron chi connectivity index (χ2n) is 7.05. The maximum Gasteiger partial charge on any atom is 0.0243 e. The molecule has 1 saturated heterocycles. The lowest BCUT2D eigenvalue weighted by Gasteiger charge is -2.38. The van der Waals surface area contributed by atoms with E-state index in [4.69, 9.17) is 0 Å². The highest BCUT2D eigenvalue weighted by Crippen LogP contribution is 2.12. The summed E-state index contributed by atoms with van der Waals surface area (Å²) in [4.78, 5) is 10.5. The normalized spacial score (nSPS) is 26.0. The number of likely N-dealkylation sites (N-methyl/N-ethyl adjacent to an activating group) is 4. The van der Waals surface area contributed by atoms with Crippen molar-refractivity contribution in [3.63, 3.8) is 0 Å². The van der Waals surface area contributed by atoms with E-state index in [2.05, 4.69) is 61.3 Å². The summed E-state index contributed by atoms with van der Waals surface area (Å²) in [6.45, 7) is 23.5. The minimum absolute atomic E-state index is 0.660. The van der Waals surface area contributed by atoms with Crippen LogP contribution in [0.15, 0.2) is 0 Å². The topological polar surface area (TPSA) is 13.0 Å². The smallest absolute Gasteiger partial charge is 0.0243 e. The Morgan fingerprint density at radius 2 is 1.14 bits per heavy atom. The van der Waals surface area contributed by atoms with Gasteiger partial charge in [-0.15, -0.1) is 0 Å². The third-order valence-electron chi connectivity index (χ3n) is 5.36. The van der Waals surface area contributed by atoms with Gasteiger partial charge in [0.05, 0.1) is 0 Å². The molecule has 22 heavy (non-hydrogen) atoms. The number of rotatable bonds is 4. The van der Waals surface area contributed by atoms with E-state index < -0.39 is 0 Å². The molecule has 132 valence electrons. The zero-order valence-corrected chi connectivity index (χ0v) is 16.0. The van der Waals surface area contributed by atoms with E-state index in [1.165, 1.54) is 58.9 Å². The molecular formula is C18H40N4. The lowest BCUT2D eigenvalue weighted by molar-refractivity contribution is 0.0973. The fourth-order valence-electron chi connectivity index (χ4n) is 3.39. The van der Waals surface area contributed by atoms with Crippen LogP contribution in [0.2, 0.25) is 0 Å². The molecule has 1 atom stereocenters. The molecule has 1 fully saturated rings. The Labute approximate surface area is 139 Å². The van der Waals surface area contributed by atoms with Gasteiger partial charge in [-0.2, -0.15) is 0 Å². The largest absolute Gasteiger partial charge is 0.301 e. The van der Waals surface area contributed by atoms with Crippen molar-refractivity contribution in [2.75, 3.05) is 72.5 Å². The summed E-state index contributed by atoms with van der Waals surface area (Å²) in [6, 6.07) is 0.660. The first-order chi connectivity index (χ1) is 10.5. The molecule has 0 aromatic rings. The summed E-state index contributed by atoms with van der Waals surface area (Å²) >= 11 is 0. The van der Waals surface area contributed by atoms with Crippen molar-refractivity contribution in [2.45, 2.75) is 40.7 Å². The highest BCUT2D eigenvalue weighted by atomic mass is 15.3. The maximum atomic E-state index is 2.64. The van der Waals surface area contributed by atoms with Crippen LogP contribution in [0, 0.1) is 5.92 Å². The second kappa shape index (κ2) is 10.6. The van der Waals surface area contributed by atoms with E-state index in [0.717, 1.165) is 6.54 Å². The first kappa shape index (κ1) is 19.9. The van der Waals surface area contributed by atoms with Gasteiger partial charge >= 0.3 is 0 Å². The third-order valence-corrected chi connectivity index (χ3v) is 5.36. The van der Waals surface area contributed by atoms with Gasteiger partial charge in [0.25, 0.3) is 0 Å². The van der Waals surface area contributed by atoms with Crippen LogP contribution in [0.1, 0.15) is 34.6 Å². The van der Waals surface area contributed by atoms with Crippen LogP contribution in [-0.2, 0) is 0 Å². The Bertz CT molecular complexity index is 282. The van der Waals surface area contributed by atoms with Gasteiger partial charge in [0.2, 0.25) is 0 Å². The average molecular weight is 313 g/mol. The van der Waals surface area contributed by atoms with Crippen LogP contribution >= 0.6 is 0 Å². The standard InChI is InChI=1S/C18H40N4/c1-7-20-11-10-19(6)18(17(4)5)16-22(9-3)15-14-21(8-2)13-12-20/h17-18H,7-16H2,1-6H3. The Morgan fingerprint density at radius 3 is 1.55 bits per heavy atom. The van der Waals surface area contributed by atoms with Gasteiger partial charge in [-0.05, 0) is 32.6 Å². The third kappa shape index (κ3) is 6.53. The van der Waals surface area contributed by atoms with E-state index >= 15 is 0 Å². The van der Waals surface area contributed by atoms with Gasteiger partial charge in [-0.25, -0.2) is 0 Å². The lowest BCUT2D eigenvalue weighted by atomic mass is 10.0. The van der Waals surface area contributed by atoms with Gasteiger partial charge < -0.3 is 19.6 Å². The Balaban J connectivity index is 2.78. The van der Waals surface area contributed by atoms with Gasteiger partial charge in [-0.1, -0.05) is 34.6 Å². The predicted molar refractivity (Wildman–Crippen MR) is 97.6 cm³/mol. The van der Waals surface area contributed by atoms with Gasteiger partial charge in [0, 0.05) is 51.9 Å². The molecule has 0 saturated carbocycles. The first-order valence-corrected chi connectivity index (χ1v) is 9.39. The molecule has 1 rings (SSSR count). The van der Waals surface area contributed by atoms with Crippen LogP contribution in [0.4, 0.5) is 0 Å². The van der Waals surface area contributed by atoms with Crippen LogP contribution in [-0.4, -0.2) is 98.1 Å². The van der Waals surface area contributed by atoms with Crippen molar-refractivity contribution in [3.05, 3.63) is 0 Å². The molecule has 1 aliphatic rings. The molecule has 0 bridgehead atoms. The molecule has 0 radical (unpaired) electrons. The molecule has 0 amide bonds. The highest BCUT2D eigenvalue weighted by molar-refractivity contribution is 4.79. The summed E-state index contributed by atoms with van der Waals surface area (Å²) in [5.41, 5.74) is 0. The maximum absolute atomic E-state index is 2.64. The monoisotopic (exact) mass is 312 g/mol. The molecule has 4 heteroatoms. The molecule has 1 heterocycles. The molecule has 1 aliphatic heterocycles. The second-order valence-corrected chi connectivity index (χ2v) is 7.05. The SMILES string of the molecule is CCN1CCN(CC)CCN(C)C(C(C)C)CN(CC)CC1. The summed E-state index contributed by atoms with van der Waals surface area (Å²) in [5.74, 6) is 0.708. The lowest BCUT2D eigenvalue weighted by Crippen LogP contribution is -2.50. The van der Waals surface area contributed by atoms with Crippen LogP contribution in [0.25, 0.3) is 0 Å². The van der Waals surface area contributed by atoms with Crippen molar-refractivity contribution in [1.29, 1.82) is 0 Å². The zero-order chi connectivity index (χ0) is 16.5. The van der Waals surface area contributed by atoms with E-state index in [1.54, 1.807) is 0 Å². The molecule has 0 aromatic heterocycles. The number of hydrogen-bond acceptors (Lipinski definition) is 4. The summed E-state index contributed by atoms with van der Waals surface area (Å²) < 4.78 is 0. The van der Waals surface area contributed by atoms with Crippen LogP contribution in [0.5, 0.6) is 0 Å². The van der Waals surface area contributed by atoms with Crippen molar-refractivity contribution < 1.29 is 0 Å². The van der Waals surface area contributed by atoms with Crippen molar-refractivity contribution in [3.8, 4) is 0 Å². The van der Waals surface area contributed by atoms with E-state index in [9.17, 15) is 0 Å². The van der Waals surface area contributed by atoms with E-state index in [0.29, 0.717) is 12.0 Å². The van der Waals surface area contributed by atoms with Gasteiger partial charge in [-0.3, -0.25) is 0 Å². The van der Waals surface area contributed by atoms with Gasteiger partial charge in [0.1, 0.15) is 0 Å². The van der Waals surface area contributed by atoms with E-state index in [1.807, 2.05) is 0 Å². The highest BCUT2D eigenvalue weighted by Gasteiger charge is 2.22. The minimum Gasteiger partial charge on any atom is -0.301 e. The Morgan fingerprint density at radius 1 is 0.727 bits per heavy atom. The first-order valence-electron chi connectivity index (χ1n) is 9.39. The average Bonchev–Trinajstić information content (AvgIpc) is 2.50. The summed E-state index contributed by atoms with van der Waals surface area (Å²) in [6.07, 6.45) is 0. The molecule has 0 aromatic carbocycles. The number of nitrogens with zero attached hydrogens (tertiary/aromatic N) is 4. The summed E-state index contributed by atoms with van der Waals surface area (Å²) in [5, 5.41) is 0. The van der Waals surface area contributed by atoms with Crippen LogP contribution < -0.4 is 0 Å². The molecule has 0 spiro atoms. The van der Waals surface area contributed by atoms with Gasteiger partial charge in [0.15, 0.2) is 0 Å². The van der Waals surface area contributed by atoms with Crippen molar-refractivity contribution in [1.82, 2.24) is 19.6 Å². The molecule has 0 aliphatic carbocycles. The minimum atomic E-state index is 0.660. The fraction of sp³-hybridized carbons (Fsp3) is 1.00. The molecular weight excluding hydrogens is 272 g/mol. The Hall–Kier alpha value is -0.160. The Kier molecular flexibility index (Phi) is 9.57. The molecule has 1 unspecified atom stereocenters. The molecule has 0 N–H and O–H groups in total. The zero-order valence-electron chi connectivity index (χ0n) is 16.0. The van der Waals surface area contributed by atoms with Crippen molar-refractivity contribution in [2.24, 2.45) is 5.92 Å². The fourth-order valence-corrected chi connectivity index (χ4v) is 3.39. The predicted octanol–water partition coefficient (Wildman–Crippen LogP) is 1.92. The van der Waals surface area contributed by atoms with E-state index in [-0.39, 0.29) is 0 Å².